The molecule has 0 aromatic rings. The quantitative estimate of drug-likeness (QED) is 0.305. The Balaban J connectivity index is 0. The number of carbonyl (C=O) groups excluding carboxylic acids is 1. The Bertz CT molecular complexity index is 149. The SMILES string of the molecule is C=CC(=O)OC(CC)N(C)C.CCl. The number of nitrogens with zero attached hydrogens (tertiary/aromatic N) is 1. The van der Waals surface area contributed by atoms with Crippen LogP contribution in [-0.2, 0) is 9.53 Å². The second-order valence-electron chi connectivity index (χ2n) is 2.47. The minimum absolute atomic E-state index is 0.138. The number of hydrogen-bond acceptors (Lipinski definition) is 3. The van der Waals surface area contributed by atoms with Gasteiger partial charge in [-0.15, -0.1) is 11.6 Å². The van der Waals surface area contributed by atoms with Crippen molar-refractivity contribution in [2.75, 3.05) is 20.5 Å². The van der Waals surface area contributed by atoms with Gasteiger partial charge in [-0.3, -0.25) is 4.90 Å². The number of ether oxygens (including phenoxy) is 1. The molecule has 13 heavy (non-hydrogen) atoms. The Hall–Kier alpha value is -0.540. The van der Waals surface area contributed by atoms with Crippen molar-refractivity contribution in [3.63, 3.8) is 0 Å². The summed E-state index contributed by atoms with van der Waals surface area (Å²) >= 11 is 4.64. The summed E-state index contributed by atoms with van der Waals surface area (Å²) in [6.45, 7) is 5.27. The van der Waals surface area contributed by atoms with Crippen LogP contribution in [0.25, 0.3) is 0 Å². The summed E-state index contributed by atoms with van der Waals surface area (Å²) in [5.41, 5.74) is 0. The highest BCUT2D eigenvalue weighted by atomic mass is 35.5. The van der Waals surface area contributed by atoms with Crippen LogP contribution in [0.2, 0.25) is 0 Å². The summed E-state index contributed by atoms with van der Waals surface area (Å²) in [4.78, 5) is 12.6. The number of hydrogen-bond donors (Lipinski definition) is 0. The smallest absolute Gasteiger partial charge is 0.331 e. The molecular weight excluding hydrogens is 190 g/mol. The van der Waals surface area contributed by atoms with Crippen molar-refractivity contribution >= 4 is 17.6 Å². The van der Waals surface area contributed by atoms with E-state index >= 15 is 0 Å². The number of carbonyl (C=O) groups is 1. The predicted octanol–water partition coefficient (Wildman–Crippen LogP) is 1.87. The Labute approximate surface area is 85.3 Å². The van der Waals surface area contributed by atoms with Crippen LogP contribution in [0.1, 0.15) is 13.3 Å². The van der Waals surface area contributed by atoms with Crippen molar-refractivity contribution in [3.05, 3.63) is 12.7 Å². The van der Waals surface area contributed by atoms with Gasteiger partial charge in [0.2, 0.25) is 0 Å². The molecule has 1 unspecified atom stereocenters. The topological polar surface area (TPSA) is 29.5 Å². The van der Waals surface area contributed by atoms with E-state index in [0.29, 0.717) is 0 Å². The molecule has 1 atom stereocenters. The minimum atomic E-state index is -0.370. The van der Waals surface area contributed by atoms with E-state index in [1.165, 1.54) is 12.5 Å². The molecule has 78 valence electrons. The Kier molecular flexibility index (Phi) is 11.0. The van der Waals surface area contributed by atoms with E-state index in [-0.39, 0.29) is 12.2 Å². The summed E-state index contributed by atoms with van der Waals surface area (Å²) < 4.78 is 4.98. The fraction of sp³-hybridized carbons (Fsp3) is 0.667. The lowest BCUT2D eigenvalue weighted by Crippen LogP contribution is -2.31. The average Bonchev–Trinajstić information content (AvgIpc) is 2.16. The van der Waals surface area contributed by atoms with Crippen LogP contribution in [0, 0.1) is 0 Å². The van der Waals surface area contributed by atoms with Crippen molar-refractivity contribution in [2.45, 2.75) is 19.6 Å². The fourth-order valence-corrected chi connectivity index (χ4v) is 0.736. The van der Waals surface area contributed by atoms with Gasteiger partial charge in [0.1, 0.15) is 0 Å². The highest BCUT2D eigenvalue weighted by molar-refractivity contribution is 6.15. The van der Waals surface area contributed by atoms with Gasteiger partial charge < -0.3 is 4.74 Å². The molecule has 0 radical (unpaired) electrons. The van der Waals surface area contributed by atoms with Crippen molar-refractivity contribution in [1.29, 1.82) is 0 Å². The molecule has 0 saturated heterocycles. The second-order valence-corrected chi connectivity index (χ2v) is 2.47. The highest BCUT2D eigenvalue weighted by Crippen LogP contribution is 2.00. The van der Waals surface area contributed by atoms with Gasteiger partial charge in [0, 0.05) is 12.5 Å². The first kappa shape index (κ1) is 15.0. The van der Waals surface area contributed by atoms with Crippen LogP contribution < -0.4 is 0 Å². The molecule has 0 fully saturated rings. The molecular formula is C9H18ClNO2. The lowest BCUT2D eigenvalue weighted by molar-refractivity contribution is -0.150. The molecule has 0 bridgehead atoms. The summed E-state index contributed by atoms with van der Waals surface area (Å²) in [5.74, 6) is -0.370. The van der Waals surface area contributed by atoms with Gasteiger partial charge >= 0.3 is 5.97 Å². The third kappa shape index (κ3) is 7.81. The van der Waals surface area contributed by atoms with E-state index in [1.54, 1.807) is 0 Å². The fourth-order valence-electron chi connectivity index (χ4n) is 0.736. The van der Waals surface area contributed by atoms with Gasteiger partial charge in [0.25, 0.3) is 0 Å². The summed E-state index contributed by atoms with van der Waals surface area (Å²) in [6, 6.07) is 0. The largest absolute Gasteiger partial charge is 0.443 e. The van der Waals surface area contributed by atoms with Crippen molar-refractivity contribution in [2.24, 2.45) is 0 Å². The number of halogens is 1. The summed E-state index contributed by atoms with van der Waals surface area (Å²) in [7, 11) is 3.73. The molecule has 0 spiro atoms. The van der Waals surface area contributed by atoms with E-state index in [0.717, 1.165) is 6.42 Å². The Morgan fingerprint density at radius 2 is 2.08 bits per heavy atom. The number of rotatable bonds is 4. The first-order valence-corrected chi connectivity index (χ1v) is 4.74. The Morgan fingerprint density at radius 1 is 1.62 bits per heavy atom. The molecule has 0 rings (SSSR count). The van der Waals surface area contributed by atoms with Crippen LogP contribution in [-0.4, -0.2) is 37.6 Å². The second kappa shape index (κ2) is 9.55. The van der Waals surface area contributed by atoms with Crippen LogP contribution in [0.3, 0.4) is 0 Å². The van der Waals surface area contributed by atoms with E-state index in [1.807, 2.05) is 25.9 Å². The Morgan fingerprint density at radius 3 is 2.31 bits per heavy atom. The van der Waals surface area contributed by atoms with E-state index in [4.69, 9.17) is 4.74 Å². The zero-order chi connectivity index (χ0) is 10.9. The lowest BCUT2D eigenvalue weighted by Gasteiger charge is -2.21. The maximum Gasteiger partial charge on any atom is 0.331 e. The monoisotopic (exact) mass is 207 g/mol. The molecule has 3 nitrogen and oxygen atoms in total. The lowest BCUT2D eigenvalue weighted by atomic mass is 10.4. The van der Waals surface area contributed by atoms with Gasteiger partial charge in [-0.05, 0) is 20.5 Å². The average molecular weight is 208 g/mol. The van der Waals surface area contributed by atoms with Crippen LogP contribution >= 0.6 is 11.6 Å². The van der Waals surface area contributed by atoms with Gasteiger partial charge in [0.15, 0.2) is 6.23 Å². The minimum Gasteiger partial charge on any atom is -0.443 e. The van der Waals surface area contributed by atoms with Crippen molar-refractivity contribution in [3.8, 4) is 0 Å². The zero-order valence-electron chi connectivity index (χ0n) is 8.71. The third-order valence-corrected chi connectivity index (χ3v) is 1.34. The molecule has 4 heteroatoms. The molecule has 0 heterocycles. The van der Waals surface area contributed by atoms with Gasteiger partial charge in [-0.25, -0.2) is 4.79 Å². The van der Waals surface area contributed by atoms with Crippen molar-refractivity contribution in [1.82, 2.24) is 4.90 Å². The first-order valence-electron chi connectivity index (χ1n) is 3.99. The summed E-state index contributed by atoms with van der Waals surface area (Å²) in [6.07, 6.45) is 3.29. The molecule has 0 N–H and O–H groups in total. The molecule has 0 amide bonds. The van der Waals surface area contributed by atoms with E-state index < -0.39 is 0 Å². The zero-order valence-corrected chi connectivity index (χ0v) is 9.47. The normalized spacial score (nSPS) is 11.2. The van der Waals surface area contributed by atoms with Crippen LogP contribution in [0.4, 0.5) is 0 Å². The third-order valence-electron chi connectivity index (χ3n) is 1.34. The maximum absolute atomic E-state index is 10.7. The molecule has 0 aliphatic rings. The number of alkyl halides is 1. The van der Waals surface area contributed by atoms with Gasteiger partial charge in [-0.2, -0.15) is 0 Å². The summed E-state index contributed by atoms with van der Waals surface area (Å²) in [5, 5.41) is 0. The standard InChI is InChI=1S/C8H15NO2.CH3Cl/c1-5-7(9(3)4)11-8(10)6-2;1-2/h6-7H,2,5H2,1,3-4H3;1H3. The first-order chi connectivity index (χ1) is 6.11. The molecule has 0 saturated carbocycles. The molecule has 0 aliphatic carbocycles. The number of esters is 1. The molecule has 0 aromatic carbocycles. The molecule has 0 aromatic heterocycles. The maximum atomic E-state index is 10.7. The van der Waals surface area contributed by atoms with Crippen LogP contribution in [0.15, 0.2) is 12.7 Å². The van der Waals surface area contributed by atoms with Gasteiger partial charge in [0.05, 0.1) is 0 Å². The van der Waals surface area contributed by atoms with Crippen molar-refractivity contribution < 1.29 is 9.53 Å². The highest BCUT2D eigenvalue weighted by Gasteiger charge is 2.11. The van der Waals surface area contributed by atoms with E-state index in [2.05, 4.69) is 18.2 Å². The van der Waals surface area contributed by atoms with Gasteiger partial charge in [-0.1, -0.05) is 13.5 Å². The van der Waals surface area contributed by atoms with E-state index in [9.17, 15) is 4.79 Å². The predicted molar refractivity (Wildman–Crippen MR) is 55.8 cm³/mol. The van der Waals surface area contributed by atoms with Crippen LogP contribution in [0.5, 0.6) is 0 Å². The molecule has 0 aliphatic heterocycles.